The van der Waals surface area contributed by atoms with Crippen molar-refractivity contribution in [3.05, 3.63) is 0 Å². The average molecular weight is 199 g/mol. The molecule has 0 saturated carbocycles. The van der Waals surface area contributed by atoms with Crippen LogP contribution in [0.3, 0.4) is 0 Å². The molecule has 0 aromatic carbocycles. The molecule has 1 rings (SSSR count). The summed E-state index contributed by atoms with van der Waals surface area (Å²) < 4.78 is 5.51. The summed E-state index contributed by atoms with van der Waals surface area (Å²) in [6.07, 6.45) is 5.17. The molecule has 84 valence electrons. The van der Waals surface area contributed by atoms with E-state index in [4.69, 9.17) is 4.74 Å². The molecule has 0 aromatic heterocycles. The minimum absolute atomic E-state index is 0.812. The Balaban J connectivity index is 2.04. The lowest BCUT2D eigenvalue weighted by Gasteiger charge is -2.27. The number of hydrogen-bond donors (Lipinski definition) is 1. The molecular formula is C12H25NO. The van der Waals surface area contributed by atoms with Crippen LogP contribution in [-0.4, -0.2) is 26.3 Å². The van der Waals surface area contributed by atoms with E-state index in [1.54, 1.807) is 0 Å². The fraction of sp³-hybridized carbons (Fsp3) is 1.00. The zero-order chi connectivity index (χ0) is 10.2. The van der Waals surface area contributed by atoms with E-state index in [0.29, 0.717) is 0 Å². The summed E-state index contributed by atoms with van der Waals surface area (Å²) in [6.45, 7) is 8.89. The Hall–Kier alpha value is -0.0800. The highest BCUT2D eigenvalue weighted by Gasteiger charge is 2.19. The summed E-state index contributed by atoms with van der Waals surface area (Å²) in [5.41, 5.74) is 0. The molecule has 1 aliphatic rings. The Morgan fingerprint density at radius 2 is 2.29 bits per heavy atom. The van der Waals surface area contributed by atoms with Crippen LogP contribution in [0.25, 0.3) is 0 Å². The second kappa shape index (κ2) is 7.24. The lowest BCUT2D eigenvalue weighted by atomic mass is 9.87. The smallest absolute Gasteiger partial charge is 0.0496 e. The summed E-state index contributed by atoms with van der Waals surface area (Å²) in [6, 6.07) is 0. The summed E-state index contributed by atoms with van der Waals surface area (Å²) in [4.78, 5) is 0. The molecule has 0 aromatic rings. The van der Waals surface area contributed by atoms with Crippen molar-refractivity contribution in [1.82, 2.24) is 5.32 Å². The Labute approximate surface area is 88.4 Å². The molecule has 1 saturated heterocycles. The van der Waals surface area contributed by atoms with Gasteiger partial charge >= 0.3 is 0 Å². The predicted octanol–water partition coefficient (Wildman–Crippen LogP) is 2.44. The molecule has 2 nitrogen and oxygen atoms in total. The van der Waals surface area contributed by atoms with Crippen LogP contribution in [-0.2, 0) is 4.74 Å². The summed E-state index contributed by atoms with van der Waals surface area (Å²) >= 11 is 0. The van der Waals surface area contributed by atoms with Gasteiger partial charge in [0.1, 0.15) is 0 Å². The molecule has 0 amide bonds. The third-order valence-electron chi connectivity index (χ3n) is 3.20. The van der Waals surface area contributed by atoms with Gasteiger partial charge in [-0.05, 0) is 50.6 Å². The first-order valence-corrected chi connectivity index (χ1v) is 6.13. The number of ether oxygens (including phenoxy) is 1. The van der Waals surface area contributed by atoms with Gasteiger partial charge in [0, 0.05) is 13.2 Å². The molecule has 0 radical (unpaired) electrons. The van der Waals surface area contributed by atoms with Gasteiger partial charge < -0.3 is 10.1 Å². The van der Waals surface area contributed by atoms with Gasteiger partial charge in [0.2, 0.25) is 0 Å². The molecule has 14 heavy (non-hydrogen) atoms. The Bertz CT molecular complexity index is 132. The van der Waals surface area contributed by atoms with Gasteiger partial charge in [-0.3, -0.25) is 0 Å². The third-order valence-corrected chi connectivity index (χ3v) is 3.20. The Morgan fingerprint density at radius 1 is 1.43 bits per heavy atom. The van der Waals surface area contributed by atoms with E-state index in [1.807, 2.05) is 0 Å². The van der Waals surface area contributed by atoms with Gasteiger partial charge in [0.25, 0.3) is 0 Å². The van der Waals surface area contributed by atoms with Gasteiger partial charge in [-0.2, -0.15) is 0 Å². The van der Waals surface area contributed by atoms with Gasteiger partial charge in [0.05, 0.1) is 0 Å². The van der Waals surface area contributed by atoms with E-state index in [0.717, 1.165) is 31.6 Å². The first-order chi connectivity index (χ1) is 6.84. The van der Waals surface area contributed by atoms with Crippen molar-refractivity contribution in [2.45, 2.75) is 39.5 Å². The summed E-state index contributed by atoms with van der Waals surface area (Å²) in [7, 11) is 0. The molecule has 2 heteroatoms. The molecule has 1 N–H and O–H groups in total. The number of hydrogen-bond acceptors (Lipinski definition) is 2. The lowest BCUT2D eigenvalue weighted by molar-refractivity contribution is 0.0325. The maximum atomic E-state index is 5.51. The van der Waals surface area contributed by atoms with Crippen LogP contribution in [0.2, 0.25) is 0 Å². The molecule has 2 atom stereocenters. The highest BCUT2D eigenvalue weighted by Crippen LogP contribution is 2.23. The molecule has 0 spiro atoms. The van der Waals surface area contributed by atoms with Crippen LogP contribution in [0.4, 0.5) is 0 Å². The monoisotopic (exact) mass is 199 g/mol. The van der Waals surface area contributed by atoms with E-state index in [1.165, 1.54) is 32.2 Å². The quantitative estimate of drug-likeness (QED) is 0.663. The van der Waals surface area contributed by atoms with Gasteiger partial charge in [-0.1, -0.05) is 13.8 Å². The zero-order valence-corrected chi connectivity index (χ0v) is 9.72. The van der Waals surface area contributed by atoms with E-state index >= 15 is 0 Å². The molecule has 0 aliphatic carbocycles. The Morgan fingerprint density at radius 3 is 2.93 bits per heavy atom. The SMILES string of the molecule is CCCNCCC(C)C1CCCOC1. The van der Waals surface area contributed by atoms with E-state index in [9.17, 15) is 0 Å². The fourth-order valence-corrected chi connectivity index (χ4v) is 2.08. The maximum Gasteiger partial charge on any atom is 0.0496 e. The normalized spacial score (nSPS) is 24.9. The van der Waals surface area contributed by atoms with Crippen LogP contribution < -0.4 is 5.32 Å². The van der Waals surface area contributed by atoms with Crippen LogP contribution in [0.5, 0.6) is 0 Å². The lowest BCUT2D eigenvalue weighted by Crippen LogP contribution is -2.26. The fourth-order valence-electron chi connectivity index (χ4n) is 2.08. The second-order valence-electron chi connectivity index (χ2n) is 4.49. The molecule has 1 fully saturated rings. The standard InChI is InChI=1S/C12H25NO/c1-3-7-13-8-6-11(2)12-5-4-9-14-10-12/h11-13H,3-10H2,1-2H3. The van der Waals surface area contributed by atoms with Crippen molar-refractivity contribution in [2.24, 2.45) is 11.8 Å². The topological polar surface area (TPSA) is 21.3 Å². The molecule has 1 heterocycles. The molecule has 0 bridgehead atoms. The van der Waals surface area contributed by atoms with Crippen molar-refractivity contribution in [2.75, 3.05) is 26.3 Å². The summed E-state index contributed by atoms with van der Waals surface area (Å²) in [5.74, 6) is 1.63. The molecule has 1 aliphatic heterocycles. The van der Waals surface area contributed by atoms with Crippen molar-refractivity contribution < 1.29 is 4.74 Å². The van der Waals surface area contributed by atoms with Crippen molar-refractivity contribution >= 4 is 0 Å². The van der Waals surface area contributed by atoms with Crippen LogP contribution >= 0.6 is 0 Å². The molecule has 2 unspecified atom stereocenters. The van der Waals surface area contributed by atoms with Crippen LogP contribution in [0, 0.1) is 11.8 Å². The average Bonchev–Trinajstić information content (AvgIpc) is 2.25. The van der Waals surface area contributed by atoms with Crippen LogP contribution in [0.1, 0.15) is 39.5 Å². The highest BCUT2D eigenvalue weighted by molar-refractivity contribution is 4.70. The molecular weight excluding hydrogens is 174 g/mol. The predicted molar refractivity (Wildman–Crippen MR) is 60.5 cm³/mol. The third kappa shape index (κ3) is 4.43. The van der Waals surface area contributed by atoms with Crippen LogP contribution in [0.15, 0.2) is 0 Å². The van der Waals surface area contributed by atoms with Gasteiger partial charge in [0.15, 0.2) is 0 Å². The second-order valence-corrected chi connectivity index (χ2v) is 4.49. The first-order valence-electron chi connectivity index (χ1n) is 6.13. The van der Waals surface area contributed by atoms with E-state index in [2.05, 4.69) is 19.2 Å². The van der Waals surface area contributed by atoms with Crippen molar-refractivity contribution in [3.63, 3.8) is 0 Å². The number of nitrogens with one attached hydrogen (secondary N) is 1. The minimum atomic E-state index is 0.812. The first kappa shape index (κ1) is 12.0. The summed E-state index contributed by atoms with van der Waals surface area (Å²) in [5, 5.41) is 3.46. The van der Waals surface area contributed by atoms with E-state index in [-0.39, 0.29) is 0 Å². The minimum Gasteiger partial charge on any atom is -0.381 e. The number of rotatable bonds is 6. The highest BCUT2D eigenvalue weighted by atomic mass is 16.5. The van der Waals surface area contributed by atoms with E-state index < -0.39 is 0 Å². The zero-order valence-electron chi connectivity index (χ0n) is 9.72. The van der Waals surface area contributed by atoms with Crippen molar-refractivity contribution in [1.29, 1.82) is 0 Å². The van der Waals surface area contributed by atoms with Gasteiger partial charge in [-0.15, -0.1) is 0 Å². The largest absolute Gasteiger partial charge is 0.381 e. The van der Waals surface area contributed by atoms with Gasteiger partial charge in [-0.25, -0.2) is 0 Å². The van der Waals surface area contributed by atoms with Crippen molar-refractivity contribution in [3.8, 4) is 0 Å². The Kier molecular flexibility index (Phi) is 6.20. The maximum absolute atomic E-state index is 5.51.